The van der Waals surface area contributed by atoms with E-state index in [0.717, 1.165) is 27.8 Å². The Morgan fingerprint density at radius 2 is 1.86 bits per heavy atom. The Bertz CT molecular complexity index is 917. The van der Waals surface area contributed by atoms with E-state index in [1.165, 1.54) is 0 Å². The van der Waals surface area contributed by atoms with Crippen molar-refractivity contribution in [1.82, 2.24) is 10.2 Å². The Kier molecular flexibility index (Phi) is 5.59. The van der Waals surface area contributed by atoms with Gasteiger partial charge in [-0.15, -0.1) is 11.8 Å². The third kappa shape index (κ3) is 4.18. The van der Waals surface area contributed by atoms with Crippen LogP contribution >= 0.6 is 23.5 Å². The van der Waals surface area contributed by atoms with E-state index in [1.807, 2.05) is 48.5 Å². The lowest BCUT2D eigenvalue weighted by atomic mass is 10.1. The fraction of sp³-hybridized carbons (Fsp3) is 0.250. The number of thioether (sulfide) groups is 2. The van der Waals surface area contributed by atoms with E-state index in [0.29, 0.717) is 31.2 Å². The second kappa shape index (κ2) is 8.28. The molecule has 144 valence electrons. The lowest BCUT2D eigenvalue weighted by Gasteiger charge is -2.27. The van der Waals surface area contributed by atoms with Gasteiger partial charge < -0.3 is 9.64 Å². The molecule has 2 aliphatic heterocycles. The van der Waals surface area contributed by atoms with E-state index in [1.54, 1.807) is 16.7 Å². The van der Waals surface area contributed by atoms with Gasteiger partial charge in [-0.1, -0.05) is 36.0 Å². The van der Waals surface area contributed by atoms with Crippen LogP contribution in [0.1, 0.15) is 15.9 Å². The fourth-order valence-electron chi connectivity index (χ4n) is 3.05. The summed E-state index contributed by atoms with van der Waals surface area (Å²) in [4.78, 5) is 38.2. The summed E-state index contributed by atoms with van der Waals surface area (Å²) in [6, 6.07) is 15.1. The molecule has 2 aliphatic rings. The van der Waals surface area contributed by atoms with Gasteiger partial charge in [0, 0.05) is 4.90 Å². The molecule has 0 bridgehead atoms. The van der Waals surface area contributed by atoms with Gasteiger partial charge in [-0.2, -0.15) is 0 Å². The predicted molar refractivity (Wildman–Crippen MR) is 109 cm³/mol. The molecule has 1 N–H and O–H groups in total. The van der Waals surface area contributed by atoms with Gasteiger partial charge in [-0.3, -0.25) is 19.7 Å². The van der Waals surface area contributed by atoms with Crippen LogP contribution in [0.4, 0.5) is 4.79 Å². The normalized spacial score (nSPS) is 18.8. The Morgan fingerprint density at radius 1 is 1.07 bits per heavy atom. The van der Waals surface area contributed by atoms with Crippen LogP contribution in [-0.2, 0) is 11.2 Å². The molecule has 1 atom stereocenters. The maximum Gasteiger partial charge on any atom is 0.286 e. The van der Waals surface area contributed by atoms with E-state index < -0.39 is 0 Å². The summed E-state index contributed by atoms with van der Waals surface area (Å²) < 4.78 is 5.77. The van der Waals surface area contributed by atoms with E-state index in [-0.39, 0.29) is 22.3 Å². The molecule has 2 heterocycles. The molecule has 2 aromatic rings. The summed E-state index contributed by atoms with van der Waals surface area (Å²) >= 11 is 2.68. The van der Waals surface area contributed by atoms with Crippen molar-refractivity contribution in [3.8, 4) is 5.75 Å². The Balaban J connectivity index is 1.27. The Hall–Kier alpha value is -2.45. The average molecular weight is 415 g/mol. The zero-order valence-corrected chi connectivity index (χ0v) is 16.6. The minimum Gasteiger partial charge on any atom is -0.492 e. The van der Waals surface area contributed by atoms with Crippen LogP contribution in [0.25, 0.3) is 0 Å². The topological polar surface area (TPSA) is 75.7 Å². The number of fused-ring (bicyclic) bond motifs is 1. The number of amides is 3. The van der Waals surface area contributed by atoms with Crippen molar-refractivity contribution in [3.63, 3.8) is 0 Å². The third-order valence-electron chi connectivity index (χ3n) is 4.52. The van der Waals surface area contributed by atoms with Gasteiger partial charge in [0.05, 0.1) is 23.2 Å². The Morgan fingerprint density at radius 3 is 2.61 bits per heavy atom. The zero-order chi connectivity index (χ0) is 19.5. The maximum absolute atomic E-state index is 12.5. The second-order valence-electron chi connectivity index (χ2n) is 6.42. The number of nitrogens with one attached hydrogen (secondary N) is 1. The smallest absolute Gasteiger partial charge is 0.286 e. The van der Waals surface area contributed by atoms with Crippen LogP contribution < -0.4 is 10.1 Å². The van der Waals surface area contributed by atoms with Gasteiger partial charge in [0.1, 0.15) is 12.4 Å². The molecule has 0 saturated carbocycles. The molecule has 8 heteroatoms. The van der Waals surface area contributed by atoms with Crippen LogP contribution in [0.2, 0.25) is 0 Å². The summed E-state index contributed by atoms with van der Waals surface area (Å²) in [5, 5.41) is 1.63. The largest absolute Gasteiger partial charge is 0.492 e. The summed E-state index contributed by atoms with van der Waals surface area (Å²) in [7, 11) is 0. The number of nitrogens with zero attached hydrogens (tertiary/aromatic N) is 1. The highest BCUT2D eigenvalue weighted by atomic mass is 32.2. The molecule has 0 radical (unpaired) electrons. The number of rotatable bonds is 6. The van der Waals surface area contributed by atoms with Gasteiger partial charge in [0.25, 0.3) is 11.1 Å². The molecule has 4 rings (SSSR count). The minimum atomic E-state index is -0.371. The molecular formula is C20H18N2O4S2. The van der Waals surface area contributed by atoms with Crippen LogP contribution in [0, 0.1) is 0 Å². The Labute approximate surface area is 171 Å². The van der Waals surface area contributed by atoms with Gasteiger partial charge in [-0.25, -0.2) is 0 Å². The minimum absolute atomic E-state index is 0.0372. The molecule has 1 saturated heterocycles. The molecule has 1 unspecified atom stereocenters. The number of carbonyl (C=O) groups excluding carboxylic acids is 3. The van der Waals surface area contributed by atoms with Crippen LogP contribution in [0.15, 0.2) is 53.4 Å². The number of benzene rings is 2. The SMILES string of the molecule is O=C1NC(=O)C(Cc2ccc(OCCN3CSc4ccccc4C3=O)cc2)S1. The monoisotopic (exact) mass is 414 g/mol. The number of hydrogen-bond donors (Lipinski definition) is 1. The molecule has 6 nitrogen and oxygen atoms in total. The van der Waals surface area contributed by atoms with Crippen LogP contribution in [-0.4, -0.2) is 46.2 Å². The molecular weight excluding hydrogens is 396 g/mol. The molecule has 2 aromatic carbocycles. The van der Waals surface area contributed by atoms with Crippen LogP contribution in [0.3, 0.4) is 0 Å². The van der Waals surface area contributed by atoms with Gasteiger partial charge >= 0.3 is 0 Å². The van der Waals surface area contributed by atoms with Gasteiger partial charge in [0.2, 0.25) is 5.91 Å². The number of ether oxygens (including phenoxy) is 1. The number of carbonyl (C=O) groups is 3. The lowest BCUT2D eigenvalue weighted by molar-refractivity contribution is -0.118. The first-order valence-corrected chi connectivity index (χ1v) is 10.7. The summed E-state index contributed by atoms with van der Waals surface area (Å²) in [6.45, 7) is 0.923. The second-order valence-corrected chi connectivity index (χ2v) is 8.58. The van der Waals surface area contributed by atoms with Crippen LogP contribution in [0.5, 0.6) is 5.75 Å². The highest BCUT2D eigenvalue weighted by Gasteiger charge is 2.31. The van der Waals surface area contributed by atoms with E-state index in [4.69, 9.17) is 4.74 Å². The quantitative estimate of drug-likeness (QED) is 0.783. The standard InChI is InChI=1S/C20H18N2O4S2/c23-18-17(28-20(25)21-18)11-13-5-7-14(8-6-13)26-10-9-22-12-27-16-4-2-1-3-15(16)19(22)24/h1-8,17H,9-12H2,(H,21,23,25). The highest BCUT2D eigenvalue weighted by molar-refractivity contribution is 8.15. The summed E-state index contributed by atoms with van der Waals surface area (Å²) in [6.07, 6.45) is 0.501. The maximum atomic E-state index is 12.5. The first-order chi connectivity index (χ1) is 13.6. The van der Waals surface area contributed by atoms with Gasteiger partial charge in [0.15, 0.2) is 0 Å². The van der Waals surface area contributed by atoms with E-state index >= 15 is 0 Å². The van der Waals surface area contributed by atoms with Crippen molar-refractivity contribution in [3.05, 3.63) is 59.7 Å². The van der Waals surface area contributed by atoms with Crippen molar-refractivity contribution < 1.29 is 19.1 Å². The lowest BCUT2D eigenvalue weighted by Crippen LogP contribution is -2.37. The predicted octanol–water partition coefficient (Wildman–Crippen LogP) is 3.17. The van der Waals surface area contributed by atoms with Crippen molar-refractivity contribution in [2.75, 3.05) is 19.0 Å². The highest BCUT2D eigenvalue weighted by Crippen LogP contribution is 2.29. The molecule has 3 amide bonds. The van der Waals surface area contributed by atoms with Gasteiger partial charge in [-0.05, 0) is 36.2 Å². The van der Waals surface area contributed by atoms with E-state index in [9.17, 15) is 14.4 Å². The van der Waals surface area contributed by atoms with Crippen molar-refractivity contribution in [2.45, 2.75) is 16.6 Å². The third-order valence-corrected chi connectivity index (χ3v) is 6.61. The number of hydrogen-bond acceptors (Lipinski definition) is 6. The summed E-state index contributed by atoms with van der Waals surface area (Å²) in [5.74, 6) is 1.13. The van der Waals surface area contributed by atoms with Crippen molar-refractivity contribution in [2.24, 2.45) is 0 Å². The molecule has 0 spiro atoms. The fourth-order valence-corrected chi connectivity index (χ4v) is 4.94. The molecule has 0 aliphatic carbocycles. The van der Waals surface area contributed by atoms with Crippen molar-refractivity contribution in [1.29, 1.82) is 0 Å². The van der Waals surface area contributed by atoms with E-state index in [2.05, 4.69) is 5.32 Å². The first-order valence-electron chi connectivity index (χ1n) is 8.84. The number of imide groups is 1. The summed E-state index contributed by atoms with van der Waals surface area (Å²) in [5.41, 5.74) is 1.71. The van der Waals surface area contributed by atoms with Crippen molar-refractivity contribution >= 4 is 40.6 Å². The first kappa shape index (κ1) is 18.9. The molecule has 1 fully saturated rings. The average Bonchev–Trinajstić information content (AvgIpc) is 3.02. The molecule has 28 heavy (non-hydrogen) atoms. The molecule has 0 aromatic heterocycles. The zero-order valence-electron chi connectivity index (χ0n) is 14.9.